The highest BCUT2D eigenvalue weighted by molar-refractivity contribution is 6.46. The van der Waals surface area contributed by atoms with Gasteiger partial charge in [-0.05, 0) is 50.8 Å². The van der Waals surface area contributed by atoms with Crippen molar-refractivity contribution in [3.05, 3.63) is 77.0 Å². The summed E-state index contributed by atoms with van der Waals surface area (Å²) in [5, 5.41) is 11.3. The Morgan fingerprint density at radius 2 is 1.97 bits per heavy atom. The first-order chi connectivity index (χ1) is 14.8. The van der Waals surface area contributed by atoms with E-state index in [1.54, 1.807) is 35.7 Å². The maximum Gasteiger partial charge on any atom is 0.295 e. The number of amides is 1. The highest BCUT2D eigenvalue weighted by atomic mass is 19.1. The number of likely N-dealkylation sites (tertiary alicyclic amines) is 1. The number of hydrogen-bond donors (Lipinski definition) is 1. The molecule has 0 spiro atoms. The van der Waals surface area contributed by atoms with Gasteiger partial charge in [-0.1, -0.05) is 18.2 Å². The van der Waals surface area contributed by atoms with Crippen LogP contribution in [0.5, 0.6) is 0 Å². The van der Waals surface area contributed by atoms with Gasteiger partial charge in [0.2, 0.25) is 0 Å². The molecule has 1 aromatic carbocycles. The van der Waals surface area contributed by atoms with E-state index >= 15 is 0 Å². The van der Waals surface area contributed by atoms with Gasteiger partial charge < -0.3 is 14.9 Å². The second-order valence-corrected chi connectivity index (χ2v) is 7.83. The molecular formula is C23H23FN4O3. The molecule has 1 aliphatic rings. The number of fused-ring (bicyclic) bond motifs is 1. The number of carbonyl (C=O) groups is 2. The van der Waals surface area contributed by atoms with Crippen molar-refractivity contribution in [1.29, 1.82) is 0 Å². The fraction of sp³-hybridized carbons (Fsp3) is 0.261. The second-order valence-electron chi connectivity index (χ2n) is 7.83. The molecule has 0 radical (unpaired) electrons. The van der Waals surface area contributed by atoms with Crippen LogP contribution in [0.2, 0.25) is 0 Å². The highest BCUT2D eigenvalue weighted by Gasteiger charge is 2.46. The molecule has 1 saturated heterocycles. The lowest BCUT2D eigenvalue weighted by Crippen LogP contribution is -2.35. The number of aliphatic hydroxyl groups is 1. The Morgan fingerprint density at radius 3 is 2.68 bits per heavy atom. The average molecular weight is 422 g/mol. The number of nitrogens with zero attached hydrogens (tertiary/aromatic N) is 4. The Kier molecular flexibility index (Phi) is 5.32. The molecule has 160 valence electrons. The molecule has 0 aliphatic carbocycles. The Labute approximate surface area is 179 Å². The quantitative estimate of drug-likeness (QED) is 0.389. The van der Waals surface area contributed by atoms with E-state index in [2.05, 4.69) is 4.98 Å². The Balaban J connectivity index is 1.93. The molecule has 1 N–H and O–H groups in total. The smallest absolute Gasteiger partial charge is 0.295 e. The van der Waals surface area contributed by atoms with Crippen molar-refractivity contribution in [3.63, 3.8) is 0 Å². The Bertz CT molecular complexity index is 1210. The van der Waals surface area contributed by atoms with Crippen LogP contribution in [0.1, 0.15) is 23.0 Å². The molecule has 0 unspecified atom stereocenters. The van der Waals surface area contributed by atoms with Gasteiger partial charge in [-0.15, -0.1) is 0 Å². The summed E-state index contributed by atoms with van der Waals surface area (Å²) in [7, 11) is 3.71. The minimum absolute atomic E-state index is 0.0666. The van der Waals surface area contributed by atoms with E-state index in [1.165, 1.54) is 23.1 Å². The van der Waals surface area contributed by atoms with E-state index in [0.717, 1.165) is 0 Å². The van der Waals surface area contributed by atoms with Gasteiger partial charge in [0.05, 0.1) is 17.3 Å². The van der Waals surface area contributed by atoms with E-state index < -0.39 is 23.5 Å². The van der Waals surface area contributed by atoms with E-state index in [9.17, 15) is 19.1 Å². The van der Waals surface area contributed by atoms with Crippen LogP contribution in [-0.2, 0) is 9.59 Å². The van der Waals surface area contributed by atoms with Crippen molar-refractivity contribution in [2.45, 2.75) is 13.0 Å². The van der Waals surface area contributed by atoms with Crippen LogP contribution in [0.4, 0.5) is 4.39 Å². The summed E-state index contributed by atoms with van der Waals surface area (Å²) >= 11 is 0. The topological polar surface area (TPSA) is 78.1 Å². The minimum Gasteiger partial charge on any atom is -0.505 e. The van der Waals surface area contributed by atoms with Crippen LogP contribution in [0.25, 0.3) is 11.4 Å². The molecule has 1 fully saturated rings. The average Bonchev–Trinajstić information content (AvgIpc) is 3.19. The molecule has 7 nitrogen and oxygen atoms in total. The van der Waals surface area contributed by atoms with Gasteiger partial charge in [-0.25, -0.2) is 9.37 Å². The van der Waals surface area contributed by atoms with Crippen molar-refractivity contribution in [2.24, 2.45) is 0 Å². The number of pyridine rings is 1. The summed E-state index contributed by atoms with van der Waals surface area (Å²) in [4.78, 5) is 33.7. The number of Topliss-reactive ketones (excluding diaryl/α,β-unsaturated/α-hetero) is 1. The zero-order valence-corrected chi connectivity index (χ0v) is 17.5. The lowest BCUT2D eigenvalue weighted by atomic mass is 9.96. The molecule has 1 aliphatic heterocycles. The third kappa shape index (κ3) is 3.59. The number of aliphatic hydroxyl groups excluding tert-OH is 1. The number of hydrogen-bond acceptors (Lipinski definition) is 5. The van der Waals surface area contributed by atoms with E-state index in [1.807, 2.05) is 25.1 Å². The van der Waals surface area contributed by atoms with Crippen LogP contribution in [0.3, 0.4) is 0 Å². The zero-order chi connectivity index (χ0) is 22.3. The SMILES string of the molecule is Cc1nc2ccccn2c1/C(O)=C1\C(=O)C(=O)N(CCN(C)C)[C@H]1c1cccc(F)c1. The number of aromatic nitrogens is 2. The first-order valence-electron chi connectivity index (χ1n) is 9.92. The van der Waals surface area contributed by atoms with Crippen LogP contribution in [0.15, 0.2) is 54.2 Å². The third-order valence-electron chi connectivity index (χ3n) is 5.42. The minimum atomic E-state index is -0.899. The van der Waals surface area contributed by atoms with E-state index in [-0.39, 0.29) is 17.9 Å². The van der Waals surface area contributed by atoms with Gasteiger partial charge in [-0.2, -0.15) is 0 Å². The van der Waals surface area contributed by atoms with Gasteiger partial charge in [0.25, 0.3) is 11.7 Å². The molecule has 0 bridgehead atoms. The maximum atomic E-state index is 14.0. The van der Waals surface area contributed by atoms with Crippen molar-refractivity contribution in [1.82, 2.24) is 19.2 Å². The van der Waals surface area contributed by atoms with Gasteiger partial charge in [-0.3, -0.25) is 14.0 Å². The first kappa shape index (κ1) is 20.7. The second kappa shape index (κ2) is 7.96. The molecule has 0 saturated carbocycles. The summed E-state index contributed by atoms with van der Waals surface area (Å²) in [6.07, 6.45) is 1.73. The molecule has 31 heavy (non-hydrogen) atoms. The molecule has 1 amide bonds. The molecule has 1 atom stereocenters. The number of imidazole rings is 1. The standard InChI is InChI=1S/C23H23FN4O3/c1-14-19(27-10-5-4-9-17(27)25-14)21(29)18-20(15-7-6-8-16(24)13-15)28(12-11-26(2)3)23(31)22(18)30/h4-10,13,20,29H,11-12H2,1-3H3/b21-18+/t20-/m0/s1. The summed E-state index contributed by atoms with van der Waals surface area (Å²) in [5.74, 6) is -2.32. The van der Waals surface area contributed by atoms with Crippen molar-refractivity contribution in [3.8, 4) is 0 Å². The molecule has 4 rings (SSSR count). The number of benzene rings is 1. The molecule has 2 aromatic heterocycles. The zero-order valence-electron chi connectivity index (χ0n) is 17.5. The predicted molar refractivity (Wildman–Crippen MR) is 114 cm³/mol. The van der Waals surface area contributed by atoms with Crippen LogP contribution in [0, 0.1) is 12.7 Å². The fourth-order valence-corrected chi connectivity index (χ4v) is 3.97. The fourth-order valence-electron chi connectivity index (χ4n) is 3.97. The van der Waals surface area contributed by atoms with Crippen LogP contribution < -0.4 is 0 Å². The van der Waals surface area contributed by atoms with Crippen molar-refractivity contribution in [2.75, 3.05) is 27.2 Å². The van der Waals surface area contributed by atoms with Crippen LogP contribution >= 0.6 is 0 Å². The molecule has 3 heterocycles. The lowest BCUT2D eigenvalue weighted by Gasteiger charge is -2.26. The summed E-state index contributed by atoms with van der Waals surface area (Å²) in [6.45, 7) is 2.48. The van der Waals surface area contributed by atoms with Crippen molar-refractivity contribution >= 4 is 23.1 Å². The van der Waals surface area contributed by atoms with Gasteiger partial charge in [0.15, 0.2) is 5.76 Å². The largest absolute Gasteiger partial charge is 0.505 e. The number of halogens is 1. The van der Waals surface area contributed by atoms with Gasteiger partial charge >= 0.3 is 0 Å². The highest BCUT2D eigenvalue weighted by Crippen LogP contribution is 2.40. The normalized spacial score (nSPS) is 18.5. The lowest BCUT2D eigenvalue weighted by molar-refractivity contribution is -0.140. The molecule has 3 aromatic rings. The number of aryl methyl sites for hydroxylation is 1. The monoisotopic (exact) mass is 422 g/mol. The third-order valence-corrected chi connectivity index (χ3v) is 5.42. The van der Waals surface area contributed by atoms with E-state index in [4.69, 9.17) is 0 Å². The number of rotatable bonds is 5. The van der Waals surface area contributed by atoms with E-state index in [0.29, 0.717) is 29.1 Å². The summed E-state index contributed by atoms with van der Waals surface area (Å²) in [5.41, 5.74) is 1.81. The number of likely N-dealkylation sites (N-methyl/N-ethyl adjacent to an activating group) is 1. The Hall–Kier alpha value is -3.52. The molecule has 8 heteroatoms. The summed E-state index contributed by atoms with van der Waals surface area (Å²) < 4.78 is 15.7. The molecular weight excluding hydrogens is 399 g/mol. The maximum absolute atomic E-state index is 14.0. The number of ketones is 1. The predicted octanol–water partition coefficient (Wildman–Crippen LogP) is 2.77. The first-order valence-corrected chi connectivity index (χ1v) is 9.92. The van der Waals surface area contributed by atoms with Gasteiger partial charge in [0.1, 0.15) is 17.2 Å². The summed E-state index contributed by atoms with van der Waals surface area (Å²) in [6, 6.07) is 10.2. The van der Waals surface area contributed by atoms with Crippen LogP contribution in [-0.4, -0.2) is 63.2 Å². The van der Waals surface area contributed by atoms with Gasteiger partial charge in [0, 0.05) is 19.3 Å². The number of carbonyl (C=O) groups excluding carboxylic acids is 2. The Morgan fingerprint density at radius 1 is 1.19 bits per heavy atom. The van der Waals surface area contributed by atoms with Crippen molar-refractivity contribution < 1.29 is 19.1 Å².